The number of ether oxygens (including phenoxy) is 1. The van der Waals surface area contributed by atoms with E-state index in [-0.39, 0.29) is 12.3 Å². The number of benzene rings is 2. The molecule has 0 unspecified atom stereocenters. The fraction of sp³-hybridized carbons (Fsp3) is 0.438. The molecule has 2 aromatic carbocycles. The van der Waals surface area contributed by atoms with Gasteiger partial charge in [-0.2, -0.15) is 0 Å². The molecule has 2 atom stereocenters. The molecular weight excluding hydrogens is 518 g/mol. The average Bonchev–Trinajstić information content (AvgIpc) is 3.34. The highest BCUT2D eigenvalue weighted by Gasteiger charge is 2.29. The number of carbonyl (C=O) groups is 3. The Labute approximate surface area is 243 Å². The highest BCUT2D eigenvalue weighted by molar-refractivity contribution is 6.01. The van der Waals surface area contributed by atoms with Crippen molar-refractivity contribution < 1.29 is 19.1 Å². The summed E-state index contributed by atoms with van der Waals surface area (Å²) in [6.45, 7) is 10.5. The first-order valence-corrected chi connectivity index (χ1v) is 14.1. The number of aromatic nitrogens is 2. The molecule has 3 aromatic rings. The second-order valence-corrected chi connectivity index (χ2v) is 11.7. The maximum Gasteiger partial charge on any atom is 0.408 e. The summed E-state index contributed by atoms with van der Waals surface area (Å²) >= 11 is 0. The Bertz CT molecular complexity index is 1250. The quantitative estimate of drug-likeness (QED) is 0.287. The molecule has 220 valence electrons. The first kappa shape index (κ1) is 31.5. The van der Waals surface area contributed by atoms with Gasteiger partial charge in [-0.3, -0.25) is 14.9 Å². The number of rotatable bonds is 13. The van der Waals surface area contributed by atoms with Crippen LogP contribution in [0.25, 0.3) is 0 Å². The molecule has 0 saturated carbocycles. The van der Waals surface area contributed by atoms with Crippen LogP contribution in [0.1, 0.15) is 57.9 Å². The molecule has 9 heteroatoms. The van der Waals surface area contributed by atoms with Gasteiger partial charge in [-0.05, 0) is 57.2 Å². The van der Waals surface area contributed by atoms with E-state index in [1.54, 1.807) is 27.1 Å². The minimum Gasteiger partial charge on any atom is -0.444 e. The van der Waals surface area contributed by atoms with Crippen molar-refractivity contribution >= 4 is 17.9 Å². The van der Waals surface area contributed by atoms with Gasteiger partial charge in [0.05, 0.1) is 18.1 Å². The van der Waals surface area contributed by atoms with E-state index in [9.17, 15) is 14.4 Å². The standard InChI is InChI=1S/C32H43N5O4/c1-23(2)18-27(33-17-16-24-12-8-6-9-13-24)29(38)36-30(39)28(35-31(40)41-32(3,4)5)19-26-21-37(22-34-26)20-25-14-10-7-11-15-25/h6-15,21-23,27-28,33H,16-20H2,1-5H3,(H,35,40)(H,36,38,39)/t27-,28-/m0/s1. The molecule has 1 aromatic heterocycles. The van der Waals surface area contributed by atoms with Gasteiger partial charge in [0.25, 0.3) is 0 Å². The molecule has 0 aliphatic rings. The highest BCUT2D eigenvalue weighted by Crippen LogP contribution is 2.11. The Morgan fingerprint density at radius 3 is 2.12 bits per heavy atom. The number of alkyl carbamates (subject to hydrolysis) is 1. The Morgan fingerprint density at radius 2 is 1.51 bits per heavy atom. The van der Waals surface area contributed by atoms with Gasteiger partial charge in [-0.1, -0.05) is 74.5 Å². The molecule has 3 rings (SSSR count). The van der Waals surface area contributed by atoms with Gasteiger partial charge in [0, 0.05) is 19.2 Å². The van der Waals surface area contributed by atoms with Crippen LogP contribution in [0.5, 0.6) is 0 Å². The van der Waals surface area contributed by atoms with Gasteiger partial charge in [-0.25, -0.2) is 9.78 Å². The molecule has 3 N–H and O–H groups in total. The summed E-state index contributed by atoms with van der Waals surface area (Å²) in [6.07, 6.45) is 4.18. The molecular formula is C32H43N5O4. The number of imidazole rings is 1. The minimum absolute atomic E-state index is 0.0937. The number of nitrogens with one attached hydrogen (secondary N) is 3. The van der Waals surface area contributed by atoms with Crippen molar-refractivity contribution in [2.75, 3.05) is 6.54 Å². The van der Waals surface area contributed by atoms with Gasteiger partial charge in [-0.15, -0.1) is 0 Å². The van der Waals surface area contributed by atoms with Crippen molar-refractivity contribution in [3.05, 3.63) is 90.0 Å². The zero-order valence-electron chi connectivity index (χ0n) is 24.7. The van der Waals surface area contributed by atoms with E-state index < -0.39 is 35.6 Å². The normalized spacial score (nSPS) is 12.9. The van der Waals surface area contributed by atoms with Gasteiger partial charge in [0.1, 0.15) is 11.6 Å². The second-order valence-electron chi connectivity index (χ2n) is 11.7. The van der Waals surface area contributed by atoms with E-state index >= 15 is 0 Å². The third-order valence-electron chi connectivity index (χ3n) is 6.23. The summed E-state index contributed by atoms with van der Waals surface area (Å²) in [5.74, 6) is -0.811. The fourth-order valence-corrected chi connectivity index (χ4v) is 4.35. The lowest BCUT2D eigenvalue weighted by Gasteiger charge is -2.24. The molecule has 0 fully saturated rings. The molecule has 0 saturated heterocycles. The van der Waals surface area contributed by atoms with Crippen molar-refractivity contribution in [1.82, 2.24) is 25.5 Å². The summed E-state index contributed by atoms with van der Waals surface area (Å²) in [6, 6.07) is 18.3. The summed E-state index contributed by atoms with van der Waals surface area (Å²) in [5, 5.41) is 8.46. The second kappa shape index (κ2) is 15.1. The Kier molecular flexibility index (Phi) is 11.6. The van der Waals surface area contributed by atoms with Gasteiger partial charge >= 0.3 is 6.09 Å². The lowest BCUT2D eigenvalue weighted by Crippen LogP contribution is -2.54. The molecule has 0 aliphatic heterocycles. The van der Waals surface area contributed by atoms with Crippen molar-refractivity contribution in [3.63, 3.8) is 0 Å². The first-order valence-electron chi connectivity index (χ1n) is 14.1. The average molecular weight is 562 g/mol. The van der Waals surface area contributed by atoms with E-state index in [0.717, 1.165) is 17.5 Å². The highest BCUT2D eigenvalue weighted by atomic mass is 16.6. The predicted molar refractivity (Wildman–Crippen MR) is 159 cm³/mol. The minimum atomic E-state index is -1.06. The van der Waals surface area contributed by atoms with Crippen molar-refractivity contribution in [1.29, 1.82) is 0 Å². The van der Waals surface area contributed by atoms with E-state index in [2.05, 4.69) is 20.9 Å². The van der Waals surface area contributed by atoms with Crippen LogP contribution < -0.4 is 16.0 Å². The molecule has 3 amide bonds. The Morgan fingerprint density at radius 1 is 0.902 bits per heavy atom. The number of imide groups is 1. The number of amides is 3. The third kappa shape index (κ3) is 11.6. The van der Waals surface area contributed by atoms with Crippen LogP contribution in [0.3, 0.4) is 0 Å². The van der Waals surface area contributed by atoms with Crippen LogP contribution in [-0.4, -0.2) is 51.7 Å². The maximum atomic E-state index is 13.4. The Balaban J connectivity index is 1.68. The molecule has 41 heavy (non-hydrogen) atoms. The van der Waals surface area contributed by atoms with Gasteiger partial charge in [0.15, 0.2) is 0 Å². The van der Waals surface area contributed by atoms with Crippen molar-refractivity contribution in [3.8, 4) is 0 Å². The van der Waals surface area contributed by atoms with Crippen molar-refractivity contribution in [2.45, 2.75) is 78.1 Å². The van der Waals surface area contributed by atoms with Crippen LogP contribution >= 0.6 is 0 Å². The van der Waals surface area contributed by atoms with E-state index in [1.807, 2.05) is 85.3 Å². The molecule has 1 heterocycles. The van der Waals surface area contributed by atoms with E-state index in [0.29, 0.717) is 25.2 Å². The van der Waals surface area contributed by atoms with Crippen molar-refractivity contribution in [2.24, 2.45) is 5.92 Å². The third-order valence-corrected chi connectivity index (χ3v) is 6.23. The topological polar surface area (TPSA) is 114 Å². The summed E-state index contributed by atoms with van der Waals surface area (Å²) < 4.78 is 7.30. The fourth-order valence-electron chi connectivity index (χ4n) is 4.35. The Hall–Kier alpha value is -3.98. The van der Waals surface area contributed by atoms with Crippen LogP contribution in [-0.2, 0) is 33.7 Å². The lowest BCUT2D eigenvalue weighted by atomic mass is 10.0. The summed E-state index contributed by atoms with van der Waals surface area (Å²) in [7, 11) is 0. The summed E-state index contributed by atoms with van der Waals surface area (Å²) in [5.41, 5.74) is 2.13. The largest absolute Gasteiger partial charge is 0.444 e. The smallest absolute Gasteiger partial charge is 0.408 e. The van der Waals surface area contributed by atoms with Crippen LogP contribution in [0.4, 0.5) is 4.79 Å². The van der Waals surface area contributed by atoms with Crippen LogP contribution in [0.2, 0.25) is 0 Å². The molecule has 0 aliphatic carbocycles. The summed E-state index contributed by atoms with van der Waals surface area (Å²) in [4.78, 5) is 43.7. The van der Waals surface area contributed by atoms with Gasteiger partial charge in [0.2, 0.25) is 11.8 Å². The molecule has 0 spiro atoms. The van der Waals surface area contributed by atoms with E-state index in [1.165, 1.54) is 0 Å². The van der Waals surface area contributed by atoms with Gasteiger partial charge < -0.3 is 19.9 Å². The number of nitrogens with zero attached hydrogens (tertiary/aromatic N) is 2. The predicted octanol–water partition coefficient (Wildman–Crippen LogP) is 4.26. The van der Waals surface area contributed by atoms with E-state index in [4.69, 9.17) is 4.74 Å². The molecule has 0 radical (unpaired) electrons. The monoisotopic (exact) mass is 561 g/mol. The number of carbonyl (C=O) groups excluding carboxylic acids is 3. The lowest BCUT2D eigenvalue weighted by molar-refractivity contribution is -0.133. The first-order chi connectivity index (χ1) is 19.5. The zero-order chi connectivity index (χ0) is 29.8. The zero-order valence-corrected chi connectivity index (χ0v) is 24.7. The van der Waals surface area contributed by atoms with Crippen LogP contribution in [0, 0.1) is 5.92 Å². The number of hydrogen-bond donors (Lipinski definition) is 3. The number of hydrogen-bond acceptors (Lipinski definition) is 6. The SMILES string of the molecule is CC(C)C[C@H](NCCc1ccccc1)C(=O)NC(=O)[C@H](Cc1cn(Cc2ccccc2)cn1)NC(=O)OC(C)(C)C. The molecule has 0 bridgehead atoms. The van der Waals surface area contributed by atoms with Crippen LogP contribution in [0.15, 0.2) is 73.2 Å². The molecule has 9 nitrogen and oxygen atoms in total. The maximum absolute atomic E-state index is 13.4.